The third kappa shape index (κ3) is 2.94. The summed E-state index contributed by atoms with van der Waals surface area (Å²) in [6, 6.07) is 3.03. The van der Waals surface area contributed by atoms with Gasteiger partial charge >= 0.3 is 5.97 Å². The number of benzene rings is 1. The summed E-state index contributed by atoms with van der Waals surface area (Å²) < 4.78 is 38.9. The lowest BCUT2D eigenvalue weighted by atomic mass is 10.0. The van der Waals surface area contributed by atoms with Gasteiger partial charge in [-0.25, -0.2) is 12.8 Å². The highest BCUT2D eigenvalue weighted by atomic mass is 35.5. The van der Waals surface area contributed by atoms with E-state index in [1.807, 2.05) is 0 Å². The Morgan fingerprint density at radius 3 is 2.75 bits per heavy atom. The monoisotopic (exact) mass is 321 g/mol. The maximum Gasteiger partial charge on any atom is 0.307 e. The van der Waals surface area contributed by atoms with Crippen LogP contribution in [0.3, 0.4) is 0 Å². The summed E-state index contributed by atoms with van der Waals surface area (Å²) in [5.41, 5.74) is 0. The molecular formula is C12H13ClFNO4S. The van der Waals surface area contributed by atoms with E-state index in [0.717, 1.165) is 22.5 Å². The van der Waals surface area contributed by atoms with E-state index < -0.39 is 27.7 Å². The highest BCUT2D eigenvalue weighted by Crippen LogP contribution is 2.28. The van der Waals surface area contributed by atoms with Crippen LogP contribution >= 0.6 is 11.6 Å². The number of nitrogens with zero attached hydrogens (tertiary/aromatic N) is 1. The minimum absolute atomic E-state index is 0.0919. The normalized spacial score (nSPS) is 20.8. The van der Waals surface area contributed by atoms with Gasteiger partial charge in [-0.15, -0.1) is 0 Å². The number of carboxylic acid groups (broad SMARTS) is 1. The predicted octanol–water partition coefficient (Wildman–Crippen LogP) is 1.96. The zero-order valence-corrected chi connectivity index (χ0v) is 12.0. The number of rotatable bonds is 3. The standard InChI is InChI=1S/C12H13ClFNO4S/c13-10-6-9(14)3-4-11(10)20(18,19)15-5-1-2-8(7-15)12(16)17/h3-4,6,8H,1-2,5,7H2,(H,16,17)/t8-/m1/s1. The lowest BCUT2D eigenvalue weighted by Gasteiger charge is -2.30. The number of carboxylic acids is 1. The van der Waals surface area contributed by atoms with Gasteiger partial charge in [0.25, 0.3) is 0 Å². The van der Waals surface area contributed by atoms with Gasteiger partial charge in [-0.05, 0) is 31.0 Å². The summed E-state index contributed by atoms with van der Waals surface area (Å²) in [6.07, 6.45) is 0.910. The van der Waals surface area contributed by atoms with Crippen molar-refractivity contribution in [3.8, 4) is 0 Å². The van der Waals surface area contributed by atoms with Crippen molar-refractivity contribution >= 4 is 27.6 Å². The Bertz CT molecular complexity index is 634. The second-order valence-electron chi connectivity index (χ2n) is 4.62. The van der Waals surface area contributed by atoms with Gasteiger partial charge in [0.15, 0.2) is 0 Å². The molecule has 1 aliphatic heterocycles. The van der Waals surface area contributed by atoms with E-state index in [1.165, 1.54) is 0 Å². The molecule has 0 unspecified atom stereocenters. The van der Waals surface area contributed by atoms with Crippen molar-refractivity contribution in [2.75, 3.05) is 13.1 Å². The number of sulfonamides is 1. The molecule has 20 heavy (non-hydrogen) atoms. The Labute approximate surface area is 121 Å². The molecule has 1 N–H and O–H groups in total. The van der Waals surface area contributed by atoms with Gasteiger partial charge in [-0.3, -0.25) is 4.79 Å². The molecule has 0 spiro atoms. The van der Waals surface area contributed by atoms with E-state index in [1.54, 1.807) is 0 Å². The topological polar surface area (TPSA) is 74.7 Å². The smallest absolute Gasteiger partial charge is 0.307 e. The minimum Gasteiger partial charge on any atom is -0.481 e. The van der Waals surface area contributed by atoms with Gasteiger partial charge in [0, 0.05) is 13.1 Å². The van der Waals surface area contributed by atoms with Crippen LogP contribution < -0.4 is 0 Å². The van der Waals surface area contributed by atoms with Crippen molar-refractivity contribution in [2.24, 2.45) is 5.92 Å². The maximum atomic E-state index is 13.0. The van der Waals surface area contributed by atoms with E-state index in [2.05, 4.69) is 0 Å². The van der Waals surface area contributed by atoms with E-state index in [-0.39, 0.29) is 23.0 Å². The molecule has 0 aliphatic carbocycles. The summed E-state index contributed by atoms with van der Waals surface area (Å²) in [5, 5.41) is 8.78. The van der Waals surface area contributed by atoms with Crippen LogP contribution in [-0.4, -0.2) is 36.9 Å². The highest BCUT2D eigenvalue weighted by molar-refractivity contribution is 7.89. The van der Waals surface area contributed by atoms with E-state index in [9.17, 15) is 17.6 Å². The fourth-order valence-electron chi connectivity index (χ4n) is 2.19. The Morgan fingerprint density at radius 2 is 2.15 bits per heavy atom. The van der Waals surface area contributed by atoms with Crippen LogP contribution in [0.4, 0.5) is 4.39 Å². The first-order valence-corrected chi connectivity index (χ1v) is 7.82. The molecule has 0 saturated carbocycles. The molecule has 1 aliphatic rings. The first-order chi connectivity index (χ1) is 9.32. The summed E-state index contributed by atoms with van der Waals surface area (Å²) in [6.45, 7) is 0.144. The largest absolute Gasteiger partial charge is 0.481 e. The highest BCUT2D eigenvalue weighted by Gasteiger charge is 2.34. The Balaban J connectivity index is 2.32. The average molecular weight is 322 g/mol. The van der Waals surface area contributed by atoms with Crippen LogP contribution in [0.5, 0.6) is 0 Å². The second-order valence-corrected chi connectivity index (χ2v) is 6.93. The zero-order chi connectivity index (χ0) is 14.9. The molecule has 0 amide bonds. The molecule has 1 aromatic rings. The number of piperidine rings is 1. The average Bonchev–Trinajstić information content (AvgIpc) is 2.38. The fraction of sp³-hybridized carbons (Fsp3) is 0.417. The van der Waals surface area contributed by atoms with Crippen LogP contribution in [0, 0.1) is 11.7 Å². The molecule has 110 valence electrons. The lowest BCUT2D eigenvalue weighted by molar-refractivity contribution is -0.142. The first-order valence-electron chi connectivity index (χ1n) is 6.00. The molecule has 5 nitrogen and oxygen atoms in total. The van der Waals surface area contributed by atoms with E-state index in [4.69, 9.17) is 16.7 Å². The predicted molar refractivity (Wildman–Crippen MR) is 70.5 cm³/mol. The maximum absolute atomic E-state index is 13.0. The first kappa shape index (κ1) is 15.2. The Morgan fingerprint density at radius 1 is 1.45 bits per heavy atom. The van der Waals surface area contributed by atoms with Gasteiger partial charge < -0.3 is 5.11 Å². The molecule has 1 fully saturated rings. The Kier molecular flexibility index (Phi) is 4.31. The number of hydrogen-bond donors (Lipinski definition) is 1. The fourth-order valence-corrected chi connectivity index (χ4v) is 4.21. The molecule has 0 radical (unpaired) electrons. The molecule has 1 aromatic carbocycles. The molecule has 0 aromatic heterocycles. The quantitative estimate of drug-likeness (QED) is 0.923. The number of carbonyl (C=O) groups is 1. The molecule has 2 rings (SSSR count). The van der Waals surface area contributed by atoms with E-state index in [0.29, 0.717) is 12.8 Å². The van der Waals surface area contributed by atoms with Crippen LogP contribution in [0.25, 0.3) is 0 Å². The molecule has 1 saturated heterocycles. The van der Waals surface area contributed by atoms with E-state index >= 15 is 0 Å². The minimum atomic E-state index is -3.90. The third-order valence-corrected chi connectivity index (χ3v) is 5.59. The molecule has 8 heteroatoms. The van der Waals surface area contributed by atoms with Crippen molar-refractivity contribution in [3.05, 3.63) is 29.0 Å². The van der Waals surface area contributed by atoms with Crippen LogP contribution in [0.1, 0.15) is 12.8 Å². The number of halogens is 2. The molecule has 1 heterocycles. The van der Waals surface area contributed by atoms with Crippen molar-refractivity contribution in [1.29, 1.82) is 0 Å². The molecular weight excluding hydrogens is 309 g/mol. The van der Waals surface area contributed by atoms with Gasteiger partial charge in [-0.2, -0.15) is 4.31 Å². The summed E-state index contributed by atoms with van der Waals surface area (Å²) in [5.74, 6) is -2.37. The summed E-state index contributed by atoms with van der Waals surface area (Å²) in [4.78, 5) is 10.8. The number of hydrogen-bond acceptors (Lipinski definition) is 3. The third-order valence-electron chi connectivity index (χ3n) is 3.25. The Hall–Kier alpha value is -1.18. The van der Waals surface area contributed by atoms with Crippen LogP contribution in [-0.2, 0) is 14.8 Å². The van der Waals surface area contributed by atoms with Gasteiger partial charge in [0.2, 0.25) is 10.0 Å². The molecule has 1 atom stereocenters. The van der Waals surface area contributed by atoms with Crippen molar-refractivity contribution in [2.45, 2.75) is 17.7 Å². The summed E-state index contributed by atoms with van der Waals surface area (Å²) >= 11 is 5.77. The number of aliphatic carboxylic acids is 1. The summed E-state index contributed by atoms with van der Waals surface area (Å²) in [7, 11) is -3.90. The van der Waals surface area contributed by atoms with Gasteiger partial charge in [0.05, 0.1) is 10.9 Å². The van der Waals surface area contributed by atoms with Crippen LogP contribution in [0.15, 0.2) is 23.1 Å². The van der Waals surface area contributed by atoms with Crippen molar-refractivity contribution in [3.63, 3.8) is 0 Å². The van der Waals surface area contributed by atoms with Crippen LogP contribution in [0.2, 0.25) is 5.02 Å². The van der Waals surface area contributed by atoms with Crippen molar-refractivity contribution < 1.29 is 22.7 Å². The SMILES string of the molecule is O=C(O)[C@@H]1CCCN(S(=O)(=O)c2ccc(F)cc2Cl)C1. The van der Waals surface area contributed by atoms with Gasteiger partial charge in [-0.1, -0.05) is 11.6 Å². The molecule has 0 bridgehead atoms. The zero-order valence-electron chi connectivity index (χ0n) is 10.4. The van der Waals surface area contributed by atoms with Gasteiger partial charge in [0.1, 0.15) is 10.7 Å². The lowest BCUT2D eigenvalue weighted by Crippen LogP contribution is -2.42. The second kappa shape index (κ2) is 5.67. The van der Waals surface area contributed by atoms with Crippen molar-refractivity contribution in [1.82, 2.24) is 4.31 Å².